The molecule has 1 aliphatic carbocycles. The van der Waals surface area contributed by atoms with Crippen LogP contribution in [0.1, 0.15) is 87.0 Å². The molecule has 5 nitrogen and oxygen atoms in total. The van der Waals surface area contributed by atoms with E-state index in [2.05, 4.69) is 116 Å². The molecule has 0 radical (unpaired) electrons. The molecule has 0 unspecified atom stereocenters. The Bertz CT molecular complexity index is 2270. The molecule has 6 heteroatoms. The molecule has 0 saturated heterocycles. The smallest absolute Gasteiger partial charge is 0.210 e. The molecule has 4 aromatic carbocycles. The first-order valence-corrected chi connectivity index (χ1v) is 18.9. The van der Waals surface area contributed by atoms with E-state index in [1.807, 2.05) is 18.2 Å². The van der Waals surface area contributed by atoms with E-state index in [0.717, 1.165) is 57.9 Å². The third kappa shape index (κ3) is 7.19. The second kappa shape index (κ2) is 14.4. The lowest BCUT2D eigenvalue weighted by Crippen LogP contribution is -2.67. The van der Waals surface area contributed by atoms with E-state index in [1.54, 1.807) is 13.0 Å². The van der Waals surface area contributed by atoms with Crippen molar-refractivity contribution in [1.82, 2.24) is 0 Å². The van der Waals surface area contributed by atoms with Crippen molar-refractivity contribution in [2.24, 2.45) is 0 Å². The van der Waals surface area contributed by atoms with Crippen LogP contribution in [0.25, 0.3) is 5.57 Å². The highest BCUT2D eigenvalue weighted by Crippen LogP contribution is 2.38. The Morgan fingerprint density at radius 1 is 0.720 bits per heavy atom. The van der Waals surface area contributed by atoms with E-state index < -0.39 is 10.1 Å². The summed E-state index contributed by atoms with van der Waals surface area (Å²) in [5.41, 5.74) is 19.8. The molecule has 0 aromatic heterocycles. The summed E-state index contributed by atoms with van der Waals surface area (Å²) in [6.45, 7) is 23.2. The minimum Gasteiger partial charge on any atom is -0.744 e. The molecule has 1 aliphatic rings. The summed E-state index contributed by atoms with van der Waals surface area (Å²) < 4.78 is 38.3. The maximum absolute atomic E-state index is 12.8. The topological polar surface area (TPSA) is 83.2 Å². The molecule has 2 N–H and O–H groups in total. The fourth-order valence-corrected chi connectivity index (χ4v) is 7.84. The highest BCUT2D eigenvalue weighted by atomic mass is 32.2. The van der Waals surface area contributed by atoms with Crippen LogP contribution in [0.2, 0.25) is 0 Å². The lowest BCUT2D eigenvalue weighted by molar-refractivity contribution is -0.353. The molecule has 0 bridgehead atoms. The average molecular weight is 687 g/mol. The Morgan fingerprint density at radius 3 is 2.02 bits per heavy atom. The van der Waals surface area contributed by atoms with E-state index in [4.69, 9.17) is 0 Å². The molecule has 0 spiro atoms. The van der Waals surface area contributed by atoms with Crippen molar-refractivity contribution in [2.75, 3.05) is 5.32 Å². The third-order valence-corrected chi connectivity index (χ3v) is 11.3. The molecule has 4 aromatic rings. The van der Waals surface area contributed by atoms with Gasteiger partial charge in [-0.3, -0.25) is 0 Å². The largest absolute Gasteiger partial charge is 0.744 e. The monoisotopic (exact) mass is 686 g/mol. The van der Waals surface area contributed by atoms with E-state index in [0.29, 0.717) is 16.7 Å². The molecular weight excluding hydrogens is 637 g/mol. The van der Waals surface area contributed by atoms with Gasteiger partial charge in [-0.05, 0) is 173 Å². The van der Waals surface area contributed by atoms with Gasteiger partial charge in [0.05, 0.1) is 4.90 Å². The predicted molar refractivity (Wildman–Crippen MR) is 208 cm³/mol. The average Bonchev–Trinajstić information content (AvgIpc) is 3.07. The maximum Gasteiger partial charge on any atom is 0.210 e. The summed E-state index contributed by atoms with van der Waals surface area (Å²) in [6, 6.07) is 15.8. The summed E-state index contributed by atoms with van der Waals surface area (Å²) in [6.07, 6.45) is 7.74. The number of anilines is 2. The molecule has 260 valence electrons. The maximum atomic E-state index is 12.8. The van der Waals surface area contributed by atoms with Crippen LogP contribution >= 0.6 is 0 Å². The van der Waals surface area contributed by atoms with Gasteiger partial charge in [-0.2, -0.15) is 0 Å². The number of rotatable bonds is 8. The van der Waals surface area contributed by atoms with Gasteiger partial charge in [-0.15, -0.1) is 0 Å². The number of allylic oxidation sites excluding steroid dienone is 5. The molecule has 0 fully saturated rings. The van der Waals surface area contributed by atoms with Crippen LogP contribution in [0.5, 0.6) is 0 Å². The SMILES string of the molecule is CCC1=CC(=C(c2ccc(Nc3c(C)cc(C)c(C)c3C)c(CC)c2)c2ccc(C)cc2S(=O)(=O)[O-])C=CC1=[NH+]c1c(C)cc(C)c(C)c1C. The van der Waals surface area contributed by atoms with Gasteiger partial charge in [-0.1, -0.05) is 38.1 Å². The Hall–Kier alpha value is -4.52. The molecule has 0 atom stereocenters. The minimum atomic E-state index is -4.78. The zero-order valence-corrected chi connectivity index (χ0v) is 32.2. The van der Waals surface area contributed by atoms with Gasteiger partial charge in [-0.25, -0.2) is 13.4 Å². The number of hydrogen-bond donors (Lipinski definition) is 2. The second-order valence-electron chi connectivity index (χ2n) is 13.8. The number of hydrogen-bond acceptors (Lipinski definition) is 4. The summed E-state index contributed by atoms with van der Waals surface area (Å²) in [5, 5.41) is 3.72. The molecule has 0 amide bonds. The first-order valence-electron chi connectivity index (χ1n) is 17.4. The van der Waals surface area contributed by atoms with Crippen LogP contribution in [-0.4, -0.2) is 18.7 Å². The van der Waals surface area contributed by atoms with E-state index in [9.17, 15) is 13.0 Å². The van der Waals surface area contributed by atoms with Crippen molar-refractivity contribution in [3.05, 3.63) is 145 Å². The Morgan fingerprint density at radius 2 is 1.38 bits per heavy atom. The Labute approximate surface area is 299 Å². The van der Waals surface area contributed by atoms with Crippen LogP contribution in [-0.2, 0) is 16.5 Å². The summed E-state index contributed by atoms with van der Waals surface area (Å²) >= 11 is 0. The quantitative estimate of drug-likeness (QED) is 0.181. The van der Waals surface area contributed by atoms with Crippen molar-refractivity contribution in [2.45, 2.75) is 93.9 Å². The van der Waals surface area contributed by atoms with E-state index in [-0.39, 0.29) is 4.90 Å². The van der Waals surface area contributed by atoms with Crippen molar-refractivity contribution < 1.29 is 18.0 Å². The fraction of sp³-hybridized carbons (Fsp3) is 0.295. The third-order valence-electron chi connectivity index (χ3n) is 10.5. The highest BCUT2D eigenvalue weighted by Gasteiger charge is 2.23. The standard InChI is InChI=1S/C44H50N2O3S/c1-12-34-23-36(15-18-39(34)45-43-28(6)21-26(4)30(8)32(43)10)42(38-17-14-25(3)20-41(38)50(47,48)49)37-16-19-40(35(13-2)24-37)46-44-29(7)22-27(5)31(9)33(44)11/h14-24,45H,12-13H2,1-11H3,(H,47,48,49). The molecule has 5 rings (SSSR count). The zero-order chi connectivity index (χ0) is 36.7. The normalized spacial score (nSPS) is 15.0. The van der Waals surface area contributed by atoms with Gasteiger partial charge < -0.3 is 9.87 Å². The van der Waals surface area contributed by atoms with Crippen molar-refractivity contribution in [3.63, 3.8) is 0 Å². The van der Waals surface area contributed by atoms with Crippen molar-refractivity contribution in [1.29, 1.82) is 0 Å². The first kappa shape index (κ1) is 36.8. The minimum absolute atomic E-state index is 0.212. The van der Waals surface area contributed by atoms with Crippen LogP contribution in [0.15, 0.2) is 82.8 Å². The zero-order valence-electron chi connectivity index (χ0n) is 31.4. The van der Waals surface area contributed by atoms with Gasteiger partial charge in [0.2, 0.25) is 11.4 Å². The lowest BCUT2D eigenvalue weighted by atomic mass is 9.87. The summed E-state index contributed by atoms with van der Waals surface area (Å²) in [7, 11) is -4.78. The summed E-state index contributed by atoms with van der Waals surface area (Å²) in [4.78, 5) is 3.51. The highest BCUT2D eigenvalue weighted by molar-refractivity contribution is 7.85. The van der Waals surface area contributed by atoms with Gasteiger partial charge in [0, 0.05) is 39.7 Å². The van der Waals surface area contributed by atoms with Crippen LogP contribution in [0, 0.1) is 62.3 Å². The fourth-order valence-electron chi connectivity index (χ4n) is 7.07. The van der Waals surface area contributed by atoms with Gasteiger partial charge in [0.25, 0.3) is 0 Å². The first-order chi connectivity index (χ1) is 23.5. The summed E-state index contributed by atoms with van der Waals surface area (Å²) in [5.74, 6) is 0. The molecule has 50 heavy (non-hydrogen) atoms. The second-order valence-corrected chi connectivity index (χ2v) is 15.1. The van der Waals surface area contributed by atoms with Crippen LogP contribution in [0.4, 0.5) is 17.1 Å². The van der Waals surface area contributed by atoms with Crippen molar-refractivity contribution in [3.8, 4) is 0 Å². The van der Waals surface area contributed by atoms with E-state index >= 15 is 0 Å². The van der Waals surface area contributed by atoms with Crippen LogP contribution in [0.3, 0.4) is 0 Å². The number of aryl methyl sites for hydroxylation is 6. The Balaban J connectivity index is 1.74. The molecule has 0 heterocycles. The molecular formula is C44H50N2O3S. The van der Waals surface area contributed by atoms with Gasteiger partial charge in [0.15, 0.2) is 0 Å². The van der Waals surface area contributed by atoms with Crippen molar-refractivity contribution >= 4 is 38.5 Å². The van der Waals surface area contributed by atoms with Crippen LogP contribution < -0.4 is 10.3 Å². The Kier molecular flexibility index (Phi) is 10.6. The van der Waals surface area contributed by atoms with Gasteiger partial charge in [0.1, 0.15) is 10.1 Å². The molecule has 0 saturated carbocycles. The van der Waals surface area contributed by atoms with E-state index in [1.165, 1.54) is 50.6 Å². The lowest BCUT2D eigenvalue weighted by Gasteiger charge is -2.22. The predicted octanol–water partition coefficient (Wildman–Crippen LogP) is 9.23. The van der Waals surface area contributed by atoms with Gasteiger partial charge >= 0.3 is 0 Å². The number of nitrogens with one attached hydrogen (secondary N) is 2. The number of benzene rings is 4. The molecule has 0 aliphatic heterocycles.